The average Bonchev–Trinajstić information content (AvgIpc) is 3.35. The van der Waals surface area contributed by atoms with Gasteiger partial charge in [0.2, 0.25) is 0 Å². The van der Waals surface area contributed by atoms with Gasteiger partial charge < -0.3 is 19.0 Å². The van der Waals surface area contributed by atoms with Gasteiger partial charge in [0.15, 0.2) is 0 Å². The van der Waals surface area contributed by atoms with Gasteiger partial charge in [-0.05, 0) is 55.3 Å². The number of fused-ring (bicyclic) bond motifs is 1. The normalized spacial score (nSPS) is 16.5. The van der Waals surface area contributed by atoms with Crippen LogP contribution in [0.3, 0.4) is 0 Å². The summed E-state index contributed by atoms with van der Waals surface area (Å²) in [7, 11) is 0. The maximum atomic E-state index is 12.5. The summed E-state index contributed by atoms with van der Waals surface area (Å²) in [5.74, 6) is 0.124. The van der Waals surface area contributed by atoms with Crippen LogP contribution in [0, 0.1) is 6.92 Å². The van der Waals surface area contributed by atoms with E-state index in [4.69, 9.17) is 9.15 Å². The molecule has 1 amide bonds. The minimum Gasteiger partial charge on any atom is -0.424 e. The van der Waals surface area contributed by atoms with Crippen molar-refractivity contribution in [3.63, 3.8) is 0 Å². The Morgan fingerprint density at radius 1 is 1.29 bits per heavy atom. The summed E-state index contributed by atoms with van der Waals surface area (Å²) in [6, 6.07) is 12.0. The fraction of sp³-hybridized carbons (Fsp3) is 0.364. The van der Waals surface area contributed by atoms with Gasteiger partial charge in [0, 0.05) is 31.4 Å². The van der Waals surface area contributed by atoms with Gasteiger partial charge in [0.1, 0.15) is 17.4 Å². The molecule has 1 fully saturated rings. The maximum absolute atomic E-state index is 12.5. The molecule has 1 saturated heterocycles. The molecule has 0 bridgehead atoms. The first-order chi connectivity index (χ1) is 13.6. The predicted molar refractivity (Wildman–Crippen MR) is 107 cm³/mol. The first-order valence-electron chi connectivity index (χ1n) is 9.72. The van der Waals surface area contributed by atoms with Crippen LogP contribution in [-0.2, 0) is 11.3 Å². The van der Waals surface area contributed by atoms with Crippen molar-refractivity contribution in [2.45, 2.75) is 38.8 Å². The summed E-state index contributed by atoms with van der Waals surface area (Å²) in [6.07, 6.45) is 4.42. The van der Waals surface area contributed by atoms with Gasteiger partial charge in [-0.3, -0.25) is 4.79 Å². The number of nitrogens with zero attached hydrogens (tertiary/aromatic N) is 1. The van der Waals surface area contributed by atoms with Crippen molar-refractivity contribution in [3.8, 4) is 0 Å². The lowest BCUT2D eigenvalue weighted by molar-refractivity contribution is 0.0883. The Bertz CT molecular complexity index is 1040. The van der Waals surface area contributed by atoms with Gasteiger partial charge in [-0.1, -0.05) is 18.2 Å². The number of aromatic nitrogens is 1. The van der Waals surface area contributed by atoms with Crippen molar-refractivity contribution in [1.29, 1.82) is 0 Å². The highest BCUT2D eigenvalue weighted by molar-refractivity contribution is 5.95. The van der Waals surface area contributed by atoms with E-state index in [1.165, 1.54) is 10.9 Å². The Morgan fingerprint density at radius 2 is 2.14 bits per heavy atom. The SMILES string of the molecule is Cc1cc(C2CCCO2)oc(=O)c1C(=O)NCCCn1ccc2ccccc21. The number of carbonyl (C=O) groups is 1. The molecule has 146 valence electrons. The highest BCUT2D eigenvalue weighted by Gasteiger charge is 2.24. The van der Waals surface area contributed by atoms with E-state index in [9.17, 15) is 9.59 Å². The molecule has 1 aromatic carbocycles. The van der Waals surface area contributed by atoms with Crippen molar-refractivity contribution in [2.75, 3.05) is 13.2 Å². The Kier molecular flexibility index (Phi) is 5.30. The van der Waals surface area contributed by atoms with Crippen LogP contribution in [0.5, 0.6) is 0 Å². The monoisotopic (exact) mass is 380 g/mol. The third kappa shape index (κ3) is 3.73. The molecule has 3 heterocycles. The molecule has 4 rings (SSSR count). The third-order valence-electron chi connectivity index (χ3n) is 5.18. The minimum atomic E-state index is -0.598. The lowest BCUT2D eigenvalue weighted by Gasteiger charge is -2.11. The van der Waals surface area contributed by atoms with E-state index in [2.05, 4.69) is 34.3 Å². The number of hydrogen-bond acceptors (Lipinski definition) is 4. The molecule has 28 heavy (non-hydrogen) atoms. The van der Waals surface area contributed by atoms with E-state index >= 15 is 0 Å². The fourth-order valence-corrected chi connectivity index (χ4v) is 3.74. The van der Waals surface area contributed by atoms with Crippen molar-refractivity contribution < 1.29 is 13.9 Å². The van der Waals surface area contributed by atoms with Gasteiger partial charge in [-0.15, -0.1) is 0 Å². The van der Waals surface area contributed by atoms with E-state index in [0.717, 1.165) is 25.8 Å². The molecule has 6 nitrogen and oxygen atoms in total. The van der Waals surface area contributed by atoms with Crippen molar-refractivity contribution in [1.82, 2.24) is 9.88 Å². The molecule has 0 saturated carbocycles. The van der Waals surface area contributed by atoms with Crippen LogP contribution in [0.15, 0.2) is 51.8 Å². The molecule has 1 N–H and O–H groups in total. The second kappa shape index (κ2) is 8.02. The van der Waals surface area contributed by atoms with Gasteiger partial charge in [-0.25, -0.2) is 4.79 Å². The van der Waals surface area contributed by atoms with Gasteiger partial charge in [-0.2, -0.15) is 0 Å². The van der Waals surface area contributed by atoms with Gasteiger partial charge in [0.05, 0.1) is 0 Å². The Hall–Kier alpha value is -2.86. The molecule has 1 atom stereocenters. The average molecular weight is 380 g/mol. The standard InChI is InChI=1S/C22H24N2O4/c1-15-14-19(18-8-4-13-27-18)28-22(26)20(15)21(25)23-10-5-11-24-12-9-16-6-2-3-7-17(16)24/h2-3,6-7,9,12,14,18H,4-5,8,10-11,13H2,1H3,(H,23,25). The van der Waals surface area contributed by atoms with E-state index in [-0.39, 0.29) is 17.6 Å². The maximum Gasteiger partial charge on any atom is 0.349 e. The van der Waals surface area contributed by atoms with Gasteiger partial charge in [0.25, 0.3) is 5.91 Å². The zero-order valence-electron chi connectivity index (χ0n) is 15.9. The molecular weight excluding hydrogens is 356 g/mol. The van der Waals surface area contributed by atoms with E-state index in [1.807, 2.05) is 12.1 Å². The molecule has 1 aliphatic rings. The van der Waals surface area contributed by atoms with Gasteiger partial charge >= 0.3 is 5.63 Å². The van der Waals surface area contributed by atoms with E-state index in [0.29, 0.717) is 24.5 Å². The largest absolute Gasteiger partial charge is 0.424 e. The number of amides is 1. The molecular formula is C22H24N2O4. The number of hydrogen-bond donors (Lipinski definition) is 1. The zero-order valence-corrected chi connectivity index (χ0v) is 15.9. The van der Waals surface area contributed by atoms with Crippen LogP contribution in [0.2, 0.25) is 0 Å². The van der Waals surface area contributed by atoms with Crippen molar-refractivity contribution in [3.05, 3.63) is 69.9 Å². The topological polar surface area (TPSA) is 73.5 Å². The highest BCUT2D eigenvalue weighted by atomic mass is 16.5. The summed E-state index contributed by atoms with van der Waals surface area (Å²) in [4.78, 5) is 24.8. The number of benzene rings is 1. The number of carbonyl (C=O) groups excluding carboxylic acids is 1. The van der Waals surface area contributed by atoms with Crippen molar-refractivity contribution in [2.24, 2.45) is 0 Å². The van der Waals surface area contributed by atoms with E-state index in [1.54, 1.807) is 13.0 Å². The Morgan fingerprint density at radius 3 is 2.93 bits per heavy atom. The summed E-state index contributed by atoms with van der Waals surface area (Å²) < 4.78 is 13.1. The highest BCUT2D eigenvalue weighted by Crippen LogP contribution is 2.28. The molecule has 0 spiro atoms. The van der Waals surface area contributed by atoms with Crippen LogP contribution < -0.4 is 10.9 Å². The molecule has 0 aliphatic carbocycles. The van der Waals surface area contributed by atoms with Crippen LogP contribution in [0.1, 0.15) is 47.0 Å². The Balaban J connectivity index is 1.36. The number of para-hydroxylation sites is 1. The predicted octanol–water partition coefficient (Wildman–Crippen LogP) is 3.57. The number of nitrogens with one attached hydrogen (secondary N) is 1. The molecule has 1 aliphatic heterocycles. The third-order valence-corrected chi connectivity index (χ3v) is 5.18. The summed E-state index contributed by atoms with van der Waals surface area (Å²) in [5, 5.41) is 4.04. The first-order valence-corrected chi connectivity index (χ1v) is 9.72. The molecule has 3 aromatic rings. The lowest BCUT2D eigenvalue weighted by atomic mass is 10.1. The van der Waals surface area contributed by atoms with Crippen molar-refractivity contribution >= 4 is 16.8 Å². The molecule has 1 unspecified atom stereocenters. The lowest BCUT2D eigenvalue weighted by Crippen LogP contribution is -2.31. The van der Waals surface area contributed by atoms with Crippen LogP contribution >= 0.6 is 0 Å². The zero-order chi connectivity index (χ0) is 19.5. The smallest absolute Gasteiger partial charge is 0.349 e. The second-order valence-corrected chi connectivity index (χ2v) is 7.17. The van der Waals surface area contributed by atoms with Crippen LogP contribution in [0.4, 0.5) is 0 Å². The number of ether oxygens (including phenoxy) is 1. The second-order valence-electron chi connectivity index (χ2n) is 7.17. The Labute approximate surface area is 163 Å². The number of rotatable bonds is 6. The van der Waals surface area contributed by atoms with Crippen LogP contribution in [0.25, 0.3) is 10.9 Å². The molecule has 2 aromatic heterocycles. The number of aryl methyl sites for hydroxylation is 2. The quantitative estimate of drug-likeness (QED) is 0.664. The molecule has 0 radical (unpaired) electrons. The summed E-state index contributed by atoms with van der Waals surface area (Å²) in [5.41, 5.74) is 1.28. The van der Waals surface area contributed by atoms with E-state index < -0.39 is 5.63 Å². The molecule has 6 heteroatoms. The van der Waals surface area contributed by atoms with Crippen LogP contribution in [-0.4, -0.2) is 23.6 Å². The fourth-order valence-electron chi connectivity index (χ4n) is 3.74. The summed E-state index contributed by atoms with van der Waals surface area (Å²) in [6.45, 7) is 3.71. The minimum absolute atomic E-state index is 0.0770. The summed E-state index contributed by atoms with van der Waals surface area (Å²) >= 11 is 0. The first kappa shape index (κ1) is 18.5.